The maximum atomic E-state index is 10.8. The molecule has 0 saturated heterocycles. The van der Waals surface area contributed by atoms with Crippen molar-refractivity contribution in [1.29, 1.82) is 0 Å². The minimum absolute atomic E-state index is 0.383. The third-order valence-electron chi connectivity index (χ3n) is 2.94. The predicted molar refractivity (Wildman–Crippen MR) is 95.5 cm³/mol. The monoisotopic (exact) mass is 390 g/mol. The number of halogens is 4. The maximum Gasteiger partial charge on any atom is 0.318 e. The summed E-state index contributed by atoms with van der Waals surface area (Å²) >= 11 is 22.7. The lowest BCUT2D eigenvalue weighted by Gasteiger charge is -2.09. The highest BCUT2D eigenvalue weighted by Gasteiger charge is 2.08. The summed E-state index contributed by atoms with van der Waals surface area (Å²) in [5.41, 5.74) is 2.72. The Labute approximate surface area is 152 Å². The van der Waals surface area contributed by atoms with Crippen molar-refractivity contribution in [2.24, 2.45) is 0 Å². The second kappa shape index (κ2) is 7.88. The van der Waals surface area contributed by atoms with Crippen LogP contribution in [-0.2, 0) is 6.42 Å². The van der Waals surface area contributed by atoms with Gasteiger partial charge in [-0.25, -0.2) is 0 Å². The first kappa shape index (κ1) is 17.9. The minimum atomic E-state index is -0.705. The van der Waals surface area contributed by atoms with Gasteiger partial charge in [-0.15, -0.1) is 0 Å². The van der Waals surface area contributed by atoms with Gasteiger partial charge in [0.2, 0.25) is 0 Å². The van der Waals surface area contributed by atoms with Crippen LogP contribution in [0.25, 0.3) is 0 Å². The number of anilines is 2. The van der Waals surface area contributed by atoms with E-state index in [-0.39, 0.29) is 0 Å². The molecule has 23 heavy (non-hydrogen) atoms. The molecule has 0 bridgehead atoms. The van der Waals surface area contributed by atoms with Gasteiger partial charge < -0.3 is 10.6 Å². The van der Waals surface area contributed by atoms with E-state index in [4.69, 9.17) is 46.4 Å². The smallest absolute Gasteiger partial charge is 0.311 e. The minimum Gasteiger partial charge on any atom is -0.311 e. The number of benzene rings is 2. The van der Waals surface area contributed by atoms with E-state index in [1.165, 1.54) is 0 Å². The van der Waals surface area contributed by atoms with Crippen LogP contribution in [0.4, 0.5) is 21.0 Å². The van der Waals surface area contributed by atoms with Crippen molar-refractivity contribution in [3.8, 4) is 0 Å². The van der Waals surface area contributed by atoms with Gasteiger partial charge in [0.1, 0.15) is 0 Å². The van der Waals surface area contributed by atoms with Crippen molar-refractivity contribution >= 4 is 68.5 Å². The van der Waals surface area contributed by atoms with Gasteiger partial charge in [0, 0.05) is 0 Å². The average molecular weight is 392 g/mol. The van der Waals surface area contributed by atoms with Gasteiger partial charge in [-0.05, 0) is 65.0 Å². The molecule has 2 aromatic carbocycles. The third-order valence-corrected chi connectivity index (χ3v) is 3.76. The highest BCUT2D eigenvalue weighted by molar-refractivity contribution is 6.66. The highest BCUT2D eigenvalue weighted by atomic mass is 35.5. The maximum absolute atomic E-state index is 10.8. The number of nitrogens with one attached hydrogen (secondary N) is 2. The number of carbonyl (C=O) groups excluding carboxylic acids is 2. The summed E-state index contributed by atoms with van der Waals surface area (Å²) in [6.45, 7) is 0. The normalized spacial score (nSPS) is 10.3. The first-order valence-electron chi connectivity index (χ1n) is 6.35. The Morgan fingerprint density at radius 2 is 1.17 bits per heavy atom. The molecule has 0 saturated carbocycles. The summed E-state index contributed by atoms with van der Waals surface area (Å²) in [5, 5.41) is 4.19. The molecule has 0 spiro atoms. The van der Waals surface area contributed by atoms with E-state index in [9.17, 15) is 9.59 Å². The van der Waals surface area contributed by atoms with Gasteiger partial charge in [0.25, 0.3) is 0 Å². The molecule has 2 rings (SSSR count). The fraction of sp³-hybridized carbons (Fsp3) is 0.0667. The van der Waals surface area contributed by atoms with Crippen molar-refractivity contribution in [1.82, 2.24) is 0 Å². The number of amides is 2. The summed E-state index contributed by atoms with van der Waals surface area (Å²) in [6, 6.07) is 10.4. The molecule has 0 unspecified atom stereocenters. The Balaban J connectivity index is 2.16. The molecule has 120 valence electrons. The van der Waals surface area contributed by atoms with Gasteiger partial charge in [0.15, 0.2) is 0 Å². The van der Waals surface area contributed by atoms with Crippen molar-refractivity contribution in [3.63, 3.8) is 0 Å². The SMILES string of the molecule is O=C(Cl)Nc1ccc(Cc2ccc(NC(=O)Cl)c(Cl)c2)cc1Cl. The zero-order chi connectivity index (χ0) is 17.0. The Morgan fingerprint density at radius 3 is 1.48 bits per heavy atom. The van der Waals surface area contributed by atoms with Crippen LogP contribution < -0.4 is 10.6 Å². The van der Waals surface area contributed by atoms with Gasteiger partial charge in [-0.1, -0.05) is 35.3 Å². The largest absolute Gasteiger partial charge is 0.318 e. The summed E-state index contributed by atoms with van der Waals surface area (Å²) in [6.07, 6.45) is 0.573. The van der Waals surface area contributed by atoms with E-state index >= 15 is 0 Å². The molecule has 0 aromatic heterocycles. The van der Waals surface area contributed by atoms with E-state index in [0.29, 0.717) is 27.8 Å². The van der Waals surface area contributed by atoms with Gasteiger partial charge in [0.05, 0.1) is 21.4 Å². The molecule has 0 aliphatic heterocycles. The van der Waals surface area contributed by atoms with Crippen LogP contribution in [0.1, 0.15) is 11.1 Å². The van der Waals surface area contributed by atoms with E-state index in [1.54, 1.807) is 24.3 Å². The van der Waals surface area contributed by atoms with Crippen molar-refractivity contribution in [3.05, 3.63) is 57.6 Å². The molecule has 8 heteroatoms. The van der Waals surface area contributed by atoms with Crippen LogP contribution in [0.15, 0.2) is 36.4 Å². The molecule has 2 aromatic rings. The van der Waals surface area contributed by atoms with Crippen LogP contribution >= 0.6 is 46.4 Å². The van der Waals surface area contributed by atoms with Crippen LogP contribution in [-0.4, -0.2) is 10.7 Å². The Bertz CT molecular complexity index is 702. The van der Waals surface area contributed by atoms with E-state index < -0.39 is 10.7 Å². The third kappa shape index (κ3) is 5.29. The van der Waals surface area contributed by atoms with Crippen LogP contribution in [0.3, 0.4) is 0 Å². The molecular formula is C15H10Cl4N2O2. The molecule has 0 atom stereocenters. The first-order chi connectivity index (χ1) is 10.8. The Kier molecular flexibility index (Phi) is 6.13. The molecule has 4 nitrogen and oxygen atoms in total. The van der Waals surface area contributed by atoms with Crippen LogP contribution in [0.2, 0.25) is 10.0 Å². The molecule has 0 heterocycles. The molecule has 0 aliphatic rings. The summed E-state index contributed by atoms with van der Waals surface area (Å²) in [4.78, 5) is 21.7. The summed E-state index contributed by atoms with van der Waals surface area (Å²) in [7, 11) is 0. The average Bonchev–Trinajstić information content (AvgIpc) is 2.44. The van der Waals surface area contributed by atoms with Gasteiger partial charge >= 0.3 is 10.7 Å². The van der Waals surface area contributed by atoms with Crippen molar-refractivity contribution in [2.75, 3.05) is 10.6 Å². The molecule has 2 N–H and O–H groups in total. The number of carbonyl (C=O) groups is 2. The fourth-order valence-corrected chi connectivity index (χ4v) is 2.69. The molecule has 2 amide bonds. The van der Waals surface area contributed by atoms with Gasteiger partial charge in [-0.2, -0.15) is 0 Å². The van der Waals surface area contributed by atoms with Crippen molar-refractivity contribution in [2.45, 2.75) is 6.42 Å². The number of hydrogen-bond acceptors (Lipinski definition) is 2. The second-order valence-corrected chi connectivity index (χ2v) is 6.10. The Hall–Kier alpha value is -1.46. The lowest BCUT2D eigenvalue weighted by atomic mass is 10.0. The molecule has 0 radical (unpaired) electrons. The predicted octanol–water partition coefficient (Wildman–Crippen LogP) is 6.13. The standard InChI is InChI=1S/C15H10Cl4N2O2/c16-10-6-8(1-3-12(10)20-14(18)22)5-9-2-4-13(11(17)7-9)21-15(19)23/h1-4,6-7H,5H2,(H,20,22)(H,21,23). The zero-order valence-electron chi connectivity index (χ0n) is 11.5. The van der Waals surface area contributed by atoms with E-state index in [0.717, 1.165) is 11.1 Å². The topological polar surface area (TPSA) is 58.2 Å². The lowest BCUT2D eigenvalue weighted by molar-refractivity contribution is 0.268. The summed E-state index contributed by atoms with van der Waals surface area (Å²) in [5.74, 6) is 0. The quantitative estimate of drug-likeness (QED) is 0.486. The lowest BCUT2D eigenvalue weighted by Crippen LogP contribution is -2.02. The van der Waals surface area contributed by atoms with E-state index in [1.807, 2.05) is 12.1 Å². The van der Waals surface area contributed by atoms with E-state index in [2.05, 4.69) is 10.6 Å². The zero-order valence-corrected chi connectivity index (χ0v) is 14.5. The number of hydrogen-bond donors (Lipinski definition) is 2. The molecule has 0 aliphatic carbocycles. The molecule has 0 fully saturated rings. The highest BCUT2D eigenvalue weighted by Crippen LogP contribution is 2.27. The van der Waals surface area contributed by atoms with Gasteiger partial charge in [-0.3, -0.25) is 9.59 Å². The van der Waals surface area contributed by atoms with Crippen LogP contribution in [0.5, 0.6) is 0 Å². The fourth-order valence-electron chi connectivity index (χ4n) is 1.99. The summed E-state index contributed by atoms with van der Waals surface area (Å²) < 4.78 is 0. The Morgan fingerprint density at radius 1 is 0.783 bits per heavy atom. The first-order valence-corrected chi connectivity index (χ1v) is 7.86. The molecular weight excluding hydrogens is 382 g/mol. The van der Waals surface area contributed by atoms with Crippen LogP contribution in [0, 0.1) is 0 Å². The second-order valence-electron chi connectivity index (χ2n) is 4.60. The van der Waals surface area contributed by atoms with Crippen molar-refractivity contribution < 1.29 is 9.59 Å². The number of rotatable bonds is 4.